The SMILES string of the molecule is O=C(CC1CCCC1)CC1CC2CCC(C1)N2. The third-order valence-corrected chi connectivity index (χ3v) is 5.08. The second-order valence-electron chi connectivity index (χ2n) is 6.57. The van der Waals surface area contributed by atoms with Gasteiger partial charge in [0.15, 0.2) is 0 Å². The molecule has 1 aliphatic carbocycles. The molecule has 2 unspecified atom stereocenters. The number of carbonyl (C=O) groups is 1. The molecule has 96 valence electrons. The van der Waals surface area contributed by atoms with Crippen LogP contribution in [-0.2, 0) is 4.79 Å². The molecular weight excluding hydrogens is 210 g/mol. The van der Waals surface area contributed by atoms with Crippen molar-refractivity contribution in [1.29, 1.82) is 0 Å². The van der Waals surface area contributed by atoms with E-state index in [9.17, 15) is 4.79 Å². The molecule has 3 aliphatic rings. The molecule has 2 heterocycles. The van der Waals surface area contributed by atoms with Crippen molar-refractivity contribution in [2.45, 2.75) is 76.3 Å². The number of piperidine rings is 1. The predicted octanol–water partition coefficient (Wildman–Crippen LogP) is 3.06. The fraction of sp³-hybridized carbons (Fsp3) is 0.933. The average molecular weight is 235 g/mol. The zero-order valence-corrected chi connectivity index (χ0v) is 10.8. The van der Waals surface area contributed by atoms with Crippen molar-refractivity contribution in [3.8, 4) is 0 Å². The van der Waals surface area contributed by atoms with E-state index in [0.29, 0.717) is 11.7 Å². The zero-order valence-electron chi connectivity index (χ0n) is 10.8. The smallest absolute Gasteiger partial charge is 0.133 e. The van der Waals surface area contributed by atoms with Crippen molar-refractivity contribution < 1.29 is 4.79 Å². The summed E-state index contributed by atoms with van der Waals surface area (Å²) in [6.07, 6.45) is 12.3. The number of Topliss-reactive ketones (excluding diaryl/α,β-unsaturated/α-hetero) is 1. The highest BCUT2D eigenvalue weighted by Crippen LogP contribution is 2.34. The van der Waals surface area contributed by atoms with Gasteiger partial charge in [0.2, 0.25) is 0 Å². The van der Waals surface area contributed by atoms with E-state index < -0.39 is 0 Å². The van der Waals surface area contributed by atoms with Gasteiger partial charge in [-0.05, 0) is 37.5 Å². The van der Waals surface area contributed by atoms with Gasteiger partial charge in [0.25, 0.3) is 0 Å². The molecule has 0 aromatic heterocycles. The van der Waals surface area contributed by atoms with Crippen LogP contribution in [-0.4, -0.2) is 17.9 Å². The number of ketones is 1. The fourth-order valence-corrected chi connectivity index (χ4v) is 4.28. The molecule has 2 saturated heterocycles. The third-order valence-electron chi connectivity index (χ3n) is 5.08. The van der Waals surface area contributed by atoms with Crippen LogP contribution < -0.4 is 5.32 Å². The molecule has 2 atom stereocenters. The molecule has 3 rings (SSSR count). The minimum atomic E-state index is 0.559. The summed E-state index contributed by atoms with van der Waals surface area (Å²) in [5, 5.41) is 3.66. The Bertz CT molecular complexity index is 271. The lowest BCUT2D eigenvalue weighted by Gasteiger charge is -2.28. The number of fused-ring (bicyclic) bond motifs is 2. The Morgan fingerprint density at radius 1 is 0.882 bits per heavy atom. The normalized spacial score (nSPS) is 37.5. The molecule has 0 amide bonds. The van der Waals surface area contributed by atoms with Crippen LogP contribution in [0.2, 0.25) is 0 Å². The van der Waals surface area contributed by atoms with Gasteiger partial charge in [-0.25, -0.2) is 0 Å². The highest BCUT2D eigenvalue weighted by atomic mass is 16.1. The van der Waals surface area contributed by atoms with Crippen molar-refractivity contribution in [2.75, 3.05) is 0 Å². The molecule has 2 bridgehead atoms. The topological polar surface area (TPSA) is 29.1 Å². The van der Waals surface area contributed by atoms with Crippen LogP contribution in [0.4, 0.5) is 0 Å². The van der Waals surface area contributed by atoms with Crippen molar-refractivity contribution in [3.05, 3.63) is 0 Å². The highest BCUT2D eigenvalue weighted by Gasteiger charge is 2.34. The lowest BCUT2D eigenvalue weighted by atomic mass is 9.86. The van der Waals surface area contributed by atoms with E-state index in [4.69, 9.17) is 0 Å². The number of carbonyl (C=O) groups excluding carboxylic acids is 1. The number of nitrogens with one attached hydrogen (secondary N) is 1. The Hall–Kier alpha value is -0.370. The third kappa shape index (κ3) is 2.90. The molecule has 1 saturated carbocycles. The van der Waals surface area contributed by atoms with Gasteiger partial charge in [-0.2, -0.15) is 0 Å². The lowest BCUT2D eigenvalue weighted by molar-refractivity contribution is -0.121. The van der Waals surface area contributed by atoms with E-state index >= 15 is 0 Å². The molecule has 2 aliphatic heterocycles. The van der Waals surface area contributed by atoms with Crippen LogP contribution >= 0.6 is 0 Å². The van der Waals surface area contributed by atoms with Crippen molar-refractivity contribution >= 4 is 5.78 Å². The standard InChI is InChI=1S/C15H25NO/c17-15(9-11-3-1-2-4-11)10-12-7-13-5-6-14(8-12)16-13/h11-14,16H,1-10H2. The number of hydrogen-bond donors (Lipinski definition) is 1. The predicted molar refractivity (Wildman–Crippen MR) is 68.9 cm³/mol. The summed E-state index contributed by atoms with van der Waals surface area (Å²) in [6.45, 7) is 0. The summed E-state index contributed by atoms with van der Waals surface area (Å²) < 4.78 is 0. The molecule has 0 radical (unpaired) electrons. The minimum absolute atomic E-state index is 0.559. The molecule has 2 nitrogen and oxygen atoms in total. The van der Waals surface area contributed by atoms with Crippen molar-refractivity contribution in [2.24, 2.45) is 11.8 Å². The van der Waals surface area contributed by atoms with Crippen LogP contribution in [0.25, 0.3) is 0 Å². The van der Waals surface area contributed by atoms with Crippen LogP contribution in [0, 0.1) is 11.8 Å². The van der Waals surface area contributed by atoms with E-state index in [0.717, 1.165) is 30.8 Å². The van der Waals surface area contributed by atoms with Gasteiger partial charge < -0.3 is 5.32 Å². The average Bonchev–Trinajstić information content (AvgIpc) is 2.89. The minimum Gasteiger partial charge on any atom is -0.311 e. The van der Waals surface area contributed by atoms with Crippen LogP contribution in [0.15, 0.2) is 0 Å². The van der Waals surface area contributed by atoms with E-state index in [1.807, 2.05) is 0 Å². The largest absolute Gasteiger partial charge is 0.311 e. The Morgan fingerprint density at radius 3 is 2.12 bits per heavy atom. The van der Waals surface area contributed by atoms with Gasteiger partial charge in [0, 0.05) is 24.9 Å². The second kappa shape index (κ2) is 5.09. The first kappa shape index (κ1) is 11.7. The first-order chi connectivity index (χ1) is 8.29. The molecule has 3 fully saturated rings. The summed E-state index contributed by atoms with van der Waals surface area (Å²) in [7, 11) is 0. The molecule has 17 heavy (non-hydrogen) atoms. The quantitative estimate of drug-likeness (QED) is 0.811. The summed E-state index contributed by atoms with van der Waals surface area (Å²) in [5.41, 5.74) is 0. The zero-order chi connectivity index (χ0) is 11.7. The van der Waals surface area contributed by atoms with Gasteiger partial charge >= 0.3 is 0 Å². The van der Waals surface area contributed by atoms with Gasteiger partial charge in [0.05, 0.1) is 0 Å². The fourth-order valence-electron chi connectivity index (χ4n) is 4.28. The maximum atomic E-state index is 12.1. The first-order valence-electron chi connectivity index (χ1n) is 7.57. The van der Waals surface area contributed by atoms with Gasteiger partial charge in [0.1, 0.15) is 5.78 Å². The summed E-state index contributed by atoms with van der Waals surface area (Å²) in [4.78, 5) is 12.1. The molecule has 0 aromatic carbocycles. The Labute approximate surface area is 105 Å². The van der Waals surface area contributed by atoms with Gasteiger partial charge in [-0.15, -0.1) is 0 Å². The highest BCUT2D eigenvalue weighted by molar-refractivity contribution is 5.78. The summed E-state index contributed by atoms with van der Waals surface area (Å²) in [6, 6.07) is 1.47. The van der Waals surface area contributed by atoms with E-state index in [2.05, 4.69) is 5.32 Å². The molecular formula is C15H25NO. The maximum absolute atomic E-state index is 12.1. The second-order valence-corrected chi connectivity index (χ2v) is 6.57. The molecule has 0 spiro atoms. The van der Waals surface area contributed by atoms with E-state index in [1.54, 1.807) is 0 Å². The first-order valence-corrected chi connectivity index (χ1v) is 7.57. The number of hydrogen-bond acceptors (Lipinski definition) is 2. The van der Waals surface area contributed by atoms with E-state index in [1.165, 1.54) is 51.4 Å². The van der Waals surface area contributed by atoms with Gasteiger partial charge in [-0.3, -0.25) is 4.79 Å². The Balaban J connectivity index is 1.44. The Kier molecular flexibility index (Phi) is 3.51. The van der Waals surface area contributed by atoms with Crippen LogP contribution in [0.3, 0.4) is 0 Å². The molecule has 2 heteroatoms. The summed E-state index contributed by atoms with van der Waals surface area (Å²) in [5.74, 6) is 1.99. The number of rotatable bonds is 4. The monoisotopic (exact) mass is 235 g/mol. The lowest BCUT2D eigenvalue weighted by Crippen LogP contribution is -2.38. The molecule has 0 aromatic rings. The molecule has 1 N–H and O–H groups in total. The van der Waals surface area contributed by atoms with Crippen LogP contribution in [0.5, 0.6) is 0 Å². The van der Waals surface area contributed by atoms with Crippen LogP contribution in [0.1, 0.15) is 64.2 Å². The van der Waals surface area contributed by atoms with Crippen molar-refractivity contribution in [1.82, 2.24) is 5.32 Å². The van der Waals surface area contributed by atoms with E-state index in [-0.39, 0.29) is 0 Å². The summed E-state index contributed by atoms with van der Waals surface area (Å²) >= 11 is 0. The Morgan fingerprint density at radius 2 is 1.47 bits per heavy atom. The maximum Gasteiger partial charge on any atom is 0.133 e. The van der Waals surface area contributed by atoms with Crippen molar-refractivity contribution in [3.63, 3.8) is 0 Å². The van der Waals surface area contributed by atoms with Gasteiger partial charge in [-0.1, -0.05) is 25.7 Å².